The lowest BCUT2D eigenvalue weighted by Crippen LogP contribution is -2.26. The molecule has 28 heavy (non-hydrogen) atoms. The monoisotopic (exact) mass is 422 g/mol. The standard InChI is InChI=1S/C19H19ClN2O5S/c1-27-19(24)16-10-14(7-8-17(16)20)22-18(23)13-3-2-4-15(9-13)28(25,26)21-11-12-5-6-12/h2-4,7-10,12,21H,5-6,11H2,1H3,(H,22,23). The number of carbonyl (C=O) groups is 2. The average Bonchev–Trinajstić information content (AvgIpc) is 3.52. The van der Waals surface area contributed by atoms with Gasteiger partial charge in [0.2, 0.25) is 10.0 Å². The predicted octanol–water partition coefficient (Wildman–Crippen LogP) is 3.07. The maximum atomic E-state index is 12.5. The highest BCUT2D eigenvalue weighted by Gasteiger charge is 2.24. The maximum Gasteiger partial charge on any atom is 0.339 e. The minimum absolute atomic E-state index is 0.0205. The van der Waals surface area contributed by atoms with E-state index in [9.17, 15) is 18.0 Å². The molecule has 0 bridgehead atoms. The average molecular weight is 423 g/mol. The first kappa shape index (κ1) is 20.3. The number of nitrogens with one attached hydrogen (secondary N) is 2. The number of anilines is 1. The van der Waals surface area contributed by atoms with Crippen LogP contribution in [0, 0.1) is 5.92 Å². The topological polar surface area (TPSA) is 102 Å². The summed E-state index contributed by atoms with van der Waals surface area (Å²) in [4.78, 5) is 24.3. The van der Waals surface area contributed by atoms with Crippen LogP contribution in [0.3, 0.4) is 0 Å². The molecule has 3 rings (SSSR count). The van der Waals surface area contributed by atoms with Gasteiger partial charge in [0.05, 0.1) is 22.6 Å². The Morgan fingerprint density at radius 1 is 1.18 bits per heavy atom. The van der Waals surface area contributed by atoms with E-state index in [0.717, 1.165) is 12.8 Å². The third-order valence-electron chi connectivity index (χ3n) is 4.30. The van der Waals surface area contributed by atoms with Crippen molar-refractivity contribution in [3.8, 4) is 0 Å². The summed E-state index contributed by atoms with van der Waals surface area (Å²) < 4.78 is 32.0. The van der Waals surface area contributed by atoms with Crippen LogP contribution in [-0.4, -0.2) is 33.9 Å². The van der Waals surface area contributed by atoms with Crippen LogP contribution in [0.5, 0.6) is 0 Å². The smallest absolute Gasteiger partial charge is 0.339 e. The molecule has 1 aliphatic carbocycles. The van der Waals surface area contributed by atoms with E-state index in [4.69, 9.17) is 11.6 Å². The highest BCUT2D eigenvalue weighted by Crippen LogP contribution is 2.28. The lowest BCUT2D eigenvalue weighted by atomic mass is 10.1. The van der Waals surface area contributed by atoms with Crippen LogP contribution >= 0.6 is 11.6 Å². The quantitative estimate of drug-likeness (QED) is 0.667. The third kappa shape index (κ3) is 4.89. The maximum absolute atomic E-state index is 12.5. The second kappa shape index (κ2) is 8.30. The van der Waals surface area contributed by atoms with Crippen LogP contribution in [0.1, 0.15) is 33.6 Å². The van der Waals surface area contributed by atoms with Crippen LogP contribution in [0.4, 0.5) is 5.69 Å². The number of esters is 1. The second-order valence-corrected chi connectivity index (χ2v) is 8.64. The van der Waals surface area contributed by atoms with Crippen molar-refractivity contribution in [2.75, 3.05) is 19.0 Å². The molecule has 0 saturated heterocycles. The molecule has 0 aromatic heterocycles. The van der Waals surface area contributed by atoms with Gasteiger partial charge in [-0.1, -0.05) is 17.7 Å². The molecule has 0 aliphatic heterocycles. The fraction of sp³-hybridized carbons (Fsp3) is 0.263. The minimum atomic E-state index is -3.68. The van der Waals surface area contributed by atoms with Crippen molar-refractivity contribution >= 4 is 39.2 Å². The van der Waals surface area contributed by atoms with Crippen LogP contribution in [0.15, 0.2) is 47.4 Å². The van der Waals surface area contributed by atoms with Gasteiger partial charge in [0.1, 0.15) is 0 Å². The van der Waals surface area contributed by atoms with Crippen molar-refractivity contribution in [2.45, 2.75) is 17.7 Å². The SMILES string of the molecule is COC(=O)c1cc(NC(=O)c2cccc(S(=O)(=O)NCC3CC3)c2)ccc1Cl. The first-order valence-corrected chi connectivity index (χ1v) is 10.5. The summed E-state index contributed by atoms with van der Waals surface area (Å²) in [6.07, 6.45) is 2.05. The number of carbonyl (C=O) groups excluding carboxylic acids is 2. The molecule has 0 spiro atoms. The second-order valence-electron chi connectivity index (χ2n) is 6.46. The molecule has 1 saturated carbocycles. The van der Waals surface area contributed by atoms with Gasteiger partial charge in [-0.3, -0.25) is 4.79 Å². The van der Waals surface area contributed by atoms with Crippen LogP contribution in [-0.2, 0) is 14.8 Å². The van der Waals surface area contributed by atoms with E-state index < -0.39 is 21.9 Å². The molecule has 0 radical (unpaired) electrons. The molecule has 2 N–H and O–H groups in total. The molecule has 9 heteroatoms. The Balaban J connectivity index is 1.77. The Morgan fingerprint density at radius 2 is 1.93 bits per heavy atom. The molecule has 0 unspecified atom stereocenters. The van der Waals surface area contributed by atoms with E-state index in [-0.39, 0.29) is 21.0 Å². The van der Waals surface area contributed by atoms with Gasteiger partial charge in [0, 0.05) is 17.8 Å². The van der Waals surface area contributed by atoms with Gasteiger partial charge in [-0.25, -0.2) is 17.9 Å². The molecule has 2 aromatic carbocycles. The Labute approximate surface area is 168 Å². The number of benzene rings is 2. The molecule has 148 valence electrons. The summed E-state index contributed by atoms with van der Waals surface area (Å²) in [7, 11) is -2.45. The molecule has 2 aromatic rings. The van der Waals surface area contributed by atoms with Crippen molar-refractivity contribution in [1.29, 1.82) is 0 Å². The lowest BCUT2D eigenvalue weighted by Gasteiger charge is -2.10. The summed E-state index contributed by atoms with van der Waals surface area (Å²) in [6.45, 7) is 0.403. The van der Waals surface area contributed by atoms with Gasteiger partial charge in [0.15, 0.2) is 0 Å². The fourth-order valence-electron chi connectivity index (χ4n) is 2.51. The normalized spacial score (nSPS) is 13.8. The van der Waals surface area contributed by atoms with Gasteiger partial charge in [-0.2, -0.15) is 0 Å². The molecular formula is C19H19ClN2O5S. The zero-order chi connectivity index (χ0) is 20.3. The van der Waals surface area contributed by atoms with Gasteiger partial charge in [-0.15, -0.1) is 0 Å². The summed E-state index contributed by atoms with van der Waals surface area (Å²) in [5.74, 6) is -0.747. The van der Waals surface area contributed by atoms with E-state index in [1.54, 1.807) is 0 Å². The Hall–Kier alpha value is -2.42. The van der Waals surface area contributed by atoms with Crippen molar-refractivity contribution in [3.05, 3.63) is 58.6 Å². The molecule has 7 nitrogen and oxygen atoms in total. The zero-order valence-electron chi connectivity index (χ0n) is 15.1. The molecule has 1 aliphatic rings. The number of sulfonamides is 1. The zero-order valence-corrected chi connectivity index (χ0v) is 16.6. The summed E-state index contributed by atoms with van der Waals surface area (Å²) in [5.41, 5.74) is 0.612. The van der Waals surface area contributed by atoms with Gasteiger partial charge < -0.3 is 10.1 Å². The molecule has 0 atom stereocenters. The first-order valence-electron chi connectivity index (χ1n) is 8.59. The molecule has 1 fully saturated rings. The number of ether oxygens (including phenoxy) is 1. The van der Waals surface area contributed by atoms with Gasteiger partial charge >= 0.3 is 5.97 Å². The highest BCUT2D eigenvalue weighted by molar-refractivity contribution is 7.89. The van der Waals surface area contributed by atoms with Gasteiger partial charge in [0.25, 0.3) is 5.91 Å². The van der Waals surface area contributed by atoms with E-state index >= 15 is 0 Å². The number of halogens is 1. The highest BCUT2D eigenvalue weighted by atomic mass is 35.5. The first-order chi connectivity index (χ1) is 13.3. The van der Waals surface area contributed by atoms with E-state index in [1.165, 1.54) is 49.6 Å². The van der Waals surface area contributed by atoms with Crippen LogP contribution < -0.4 is 10.0 Å². The van der Waals surface area contributed by atoms with Crippen LogP contribution in [0.2, 0.25) is 5.02 Å². The summed E-state index contributed by atoms with van der Waals surface area (Å²) >= 11 is 5.96. The van der Waals surface area contributed by atoms with Crippen molar-refractivity contribution in [2.24, 2.45) is 5.92 Å². The number of hydrogen-bond acceptors (Lipinski definition) is 5. The number of amides is 1. The summed E-state index contributed by atoms with van der Waals surface area (Å²) in [5, 5.41) is 2.82. The number of rotatable bonds is 7. The van der Waals surface area contributed by atoms with Gasteiger partial charge in [-0.05, 0) is 55.2 Å². The third-order valence-corrected chi connectivity index (χ3v) is 6.05. The van der Waals surface area contributed by atoms with E-state index in [0.29, 0.717) is 18.2 Å². The number of hydrogen-bond donors (Lipinski definition) is 2. The Bertz CT molecular complexity index is 1020. The predicted molar refractivity (Wildman–Crippen MR) is 105 cm³/mol. The van der Waals surface area contributed by atoms with E-state index in [1.807, 2.05) is 0 Å². The van der Waals surface area contributed by atoms with Crippen molar-refractivity contribution < 1.29 is 22.7 Å². The Morgan fingerprint density at radius 3 is 2.61 bits per heavy atom. The van der Waals surface area contributed by atoms with Crippen molar-refractivity contribution in [3.63, 3.8) is 0 Å². The van der Waals surface area contributed by atoms with Crippen LogP contribution in [0.25, 0.3) is 0 Å². The largest absolute Gasteiger partial charge is 0.465 e. The minimum Gasteiger partial charge on any atom is -0.465 e. The number of methoxy groups -OCH3 is 1. The fourth-order valence-corrected chi connectivity index (χ4v) is 3.87. The van der Waals surface area contributed by atoms with Crippen molar-refractivity contribution in [1.82, 2.24) is 4.72 Å². The lowest BCUT2D eigenvalue weighted by molar-refractivity contribution is 0.0600. The summed E-state index contributed by atoms with van der Waals surface area (Å²) in [6, 6.07) is 10.1. The molecule has 0 heterocycles. The Kier molecular flexibility index (Phi) is 6.02. The van der Waals surface area contributed by atoms with E-state index in [2.05, 4.69) is 14.8 Å². The molecular weight excluding hydrogens is 404 g/mol. The molecule has 1 amide bonds.